The molecule has 0 atom stereocenters. The summed E-state index contributed by atoms with van der Waals surface area (Å²) < 4.78 is 0. The molecule has 0 saturated heterocycles. The van der Waals surface area contributed by atoms with Crippen molar-refractivity contribution in [1.29, 1.82) is 0 Å². The minimum Gasteiger partial charge on any atom is -0.338 e. The highest BCUT2D eigenvalue weighted by Gasteiger charge is 1.98. The molecule has 0 aliphatic rings. The Morgan fingerprint density at radius 1 is 1.56 bits per heavy atom. The van der Waals surface area contributed by atoms with Crippen LogP contribution in [0.5, 0.6) is 0 Å². The molecule has 0 aliphatic carbocycles. The van der Waals surface area contributed by atoms with Crippen LogP contribution in [0, 0.1) is 0 Å². The molecule has 0 aromatic carbocycles. The van der Waals surface area contributed by atoms with Gasteiger partial charge in [-0.1, -0.05) is 4.80 Å². The van der Waals surface area contributed by atoms with Gasteiger partial charge < -0.3 is 5.32 Å². The summed E-state index contributed by atoms with van der Waals surface area (Å²) in [6, 6.07) is -0.333. The number of amides is 1. The largest absolute Gasteiger partial charge is 0.359 e. The zero-order valence-electron chi connectivity index (χ0n) is 4.90. The molecule has 0 fully saturated rings. The zero-order chi connectivity index (χ0) is 6.69. The van der Waals surface area contributed by atoms with Crippen LogP contribution in [-0.2, 0) is 0 Å². The van der Waals surface area contributed by atoms with Crippen molar-refractivity contribution >= 4 is 6.03 Å². The van der Waals surface area contributed by atoms with E-state index in [1.807, 2.05) is 0 Å². The second-order valence-electron chi connectivity index (χ2n) is 1.37. The Kier molecular flexibility index (Phi) is 1.44. The van der Waals surface area contributed by atoms with E-state index in [2.05, 4.69) is 15.5 Å². The fourth-order valence-corrected chi connectivity index (χ4v) is 0.421. The molecular formula is C4H6N4O. The van der Waals surface area contributed by atoms with Crippen LogP contribution in [0.1, 0.15) is 0 Å². The average molecular weight is 126 g/mol. The van der Waals surface area contributed by atoms with Gasteiger partial charge in [0.25, 0.3) is 0 Å². The Bertz CT molecular complexity index is 192. The first-order chi connectivity index (χ1) is 4.34. The van der Waals surface area contributed by atoms with Gasteiger partial charge in [-0.2, -0.15) is 10.2 Å². The van der Waals surface area contributed by atoms with Crippen LogP contribution in [0.15, 0.2) is 12.4 Å². The van der Waals surface area contributed by atoms with Crippen LogP contribution in [0.25, 0.3) is 0 Å². The summed E-state index contributed by atoms with van der Waals surface area (Å²) in [5, 5.41) is 9.53. The number of nitrogens with zero attached hydrogens (tertiary/aromatic N) is 3. The Labute approximate surface area is 51.7 Å². The molecule has 0 aliphatic heterocycles. The maximum absolute atomic E-state index is 10.6. The van der Waals surface area contributed by atoms with E-state index < -0.39 is 0 Å². The Morgan fingerprint density at radius 3 is 2.56 bits per heavy atom. The summed E-state index contributed by atoms with van der Waals surface area (Å²) in [5.41, 5.74) is 0. The van der Waals surface area contributed by atoms with Gasteiger partial charge >= 0.3 is 6.03 Å². The second-order valence-corrected chi connectivity index (χ2v) is 1.37. The highest BCUT2D eigenvalue weighted by molar-refractivity contribution is 5.73. The van der Waals surface area contributed by atoms with Gasteiger partial charge in [-0.25, -0.2) is 4.79 Å². The summed E-state index contributed by atoms with van der Waals surface area (Å²) >= 11 is 0. The third-order valence-corrected chi connectivity index (χ3v) is 0.814. The molecule has 0 radical (unpaired) electrons. The van der Waals surface area contributed by atoms with Gasteiger partial charge in [0.2, 0.25) is 0 Å². The number of rotatable bonds is 0. The van der Waals surface area contributed by atoms with E-state index in [0.717, 1.165) is 4.80 Å². The van der Waals surface area contributed by atoms with Gasteiger partial charge in [-0.15, -0.1) is 0 Å². The molecule has 5 nitrogen and oxygen atoms in total. The molecule has 48 valence electrons. The topological polar surface area (TPSA) is 59.8 Å². The first-order valence-corrected chi connectivity index (χ1v) is 2.43. The quantitative estimate of drug-likeness (QED) is 0.508. The van der Waals surface area contributed by atoms with Crippen molar-refractivity contribution < 1.29 is 4.79 Å². The minimum atomic E-state index is -0.333. The summed E-state index contributed by atoms with van der Waals surface area (Å²) in [6.07, 6.45) is 2.88. The lowest BCUT2D eigenvalue weighted by molar-refractivity contribution is 0.238. The predicted molar refractivity (Wildman–Crippen MR) is 29.9 cm³/mol. The van der Waals surface area contributed by atoms with Gasteiger partial charge in [0, 0.05) is 7.05 Å². The molecule has 1 aromatic rings. The Morgan fingerprint density at radius 2 is 2.11 bits per heavy atom. The van der Waals surface area contributed by atoms with Crippen LogP contribution < -0.4 is 5.32 Å². The maximum atomic E-state index is 10.6. The van der Waals surface area contributed by atoms with Gasteiger partial charge in [-0.3, -0.25) is 0 Å². The number of hydrogen-bond acceptors (Lipinski definition) is 3. The lowest BCUT2D eigenvalue weighted by atomic mass is 11.0. The molecule has 9 heavy (non-hydrogen) atoms. The van der Waals surface area contributed by atoms with Crippen molar-refractivity contribution in [2.24, 2.45) is 0 Å². The number of carbonyl (C=O) groups excluding carboxylic acids is 1. The molecule has 0 bridgehead atoms. The number of hydrogen-bond donors (Lipinski definition) is 1. The molecule has 1 amide bonds. The predicted octanol–water partition coefficient (Wildman–Crippen LogP) is -0.534. The van der Waals surface area contributed by atoms with Crippen LogP contribution >= 0.6 is 0 Å². The lowest BCUT2D eigenvalue weighted by Crippen LogP contribution is -2.26. The van der Waals surface area contributed by atoms with Crippen LogP contribution in [0.3, 0.4) is 0 Å². The third kappa shape index (κ3) is 1.04. The minimum absolute atomic E-state index is 0.333. The molecular weight excluding hydrogens is 120 g/mol. The highest BCUT2D eigenvalue weighted by Crippen LogP contribution is 1.74. The van der Waals surface area contributed by atoms with Crippen LogP contribution in [0.4, 0.5) is 4.79 Å². The van der Waals surface area contributed by atoms with Gasteiger partial charge in [0.05, 0.1) is 12.4 Å². The van der Waals surface area contributed by atoms with Crippen molar-refractivity contribution in [3.05, 3.63) is 12.4 Å². The van der Waals surface area contributed by atoms with Crippen molar-refractivity contribution in [3.8, 4) is 0 Å². The fraction of sp³-hybridized carbons (Fsp3) is 0.250. The number of aromatic nitrogens is 3. The Balaban J connectivity index is 2.77. The summed E-state index contributed by atoms with van der Waals surface area (Å²) in [5.74, 6) is 0. The van der Waals surface area contributed by atoms with Crippen molar-refractivity contribution in [2.45, 2.75) is 0 Å². The SMILES string of the molecule is CNC(=O)n1nccn1. The maximum Gasteiger partial charge on any atom is 0.359 e. The van der Waals surface area contributed by atoms with E-state index in [0.29, 0.717) is 0 Å². The van der Waals surface area contributed by atoms with E-state index in [-0.39, 0.29) is 6.03 Å². The van der Waals surface area contributed by atoms with E-state index in [1.165, 1.54) is 19.4 Å². The van der Waals surface area contributed by atoms with Gasteiger partial charge in [-0.05, 0) is 0 Å². The number of carbonyl (C=O) groups is 1. The van der Waals surface area contributed by atoms with E-state index in [4.69, 9.17) is 0 Å². The normalized spacial score (nSPS) is 9.00. The molecule has 0 spiro atoms. The monoisotopic (exact) mass is 126 g/mol. The van der Waals surface area contributed by atoms with Gasteiger partial charge in [0.15, 0.2) is 0 Å². The molecule has 1 N–H and O–H groups in total. The third-order valence-electron chi connectivity index (χ3n) is 0.814. The van der Waals surface area contributed by atoms with E-state index in [1.54, 1.807) is 0 Å². The standard InChI is InChI=1S/C4H6N4O/c1-5-4(9)8-6-2-3-7-8/h2-3H,1H3,(H,5,9). The van der Waals surface area contributed by atoms with Crippen molar-refractivity contribution in [1.82, 2.24) is 20.3 Å². The summed E-state index contributed by atoms with van der Waals surface area (Å²) in [7, 11) is 1.52. The smallest absolute Gasteiger partial charge is 0.338 e. The average Bonchev–Trinajstić information content (AvgIpc) is 2.37. The van der Waals surface area contributed by atoms with Gasteiger partial charge in [0.1, 0.15) is 0 Å². The zero-order valence-corrected chi connectivity index (χ0v) is 4.90. The summed E-state index contributed by atoms with van der Waals surface area (Å²) in [6.45, 7) is 0. The molecule has 1 rings (SSSR count). The van der Waals surface area contributed by atoms with E-state index >= 15 is 0 Å². The first-order valence-electron chi connectivity index (χ1n) is 2.43. The van der Waals surface area contributed by atoms with Crippen molar-refractivity contribution in [3.63, 3.8) is 0 Å². The summed E-state index contributed by atoms with van der Waals surface area (Å²) in [4.78, 5) is 11.6. The van der Waals surface area contributed by atoms with Crippen LogP contribution in [-0.4, -0.2) is 28.1 Å². The highest BCUT2D eigenvalue weighted by atomic mass is 16.2. The lowest BCUT2D eigenvalue weighted by Gasteiger charge is -1.92. The Hall–Kier alpha value is -1.39. The fourth-order valence-electron chi connectivity index (χ4n) is 0.421. The first kappa shape index (κ1) is 5.74. The number of nitrogens with one attached hydrogen (secondary N) is 1. The molecule has 1 aromatic heterocycles. The molecule has 0 saturated carbocycles. The molecule has 5 heteroatoms. The van der Waals surface area contributed by atoms with E-state index in [9.17, 15) is 4.79 Å². The van der Waals surface area contributed by atoms with Crippen molar-refractivity contribution in [2.75, 3.05) is 7.05 Å². The molecule has 1 heterocycles. The molecule has 0 unspecified atom stereocenters. The van der Waals surface area contributed by atoms with Crippen LogP contribution in [0.2, 0.25) is 0 Å². The second kappa shape index (κ2) is 2.25.